The zero-order valence-corrected chi connectivity index (χ0v) is 12.1. The van der Waals surface area contributed by atoms with Crippen LogP contribution in [-0.2, 0) is 15.1 Å². The maximum atomic E-state index is 12.5. The molecule has 1 heterocycles. The van der Waals surface area contributed by atoms with Gasteiger partial charge < -0.3 is 15.5 Å². The average molecular weight is 291 g/mol. The van der Waals surface area contributed by atoms with Gasteiger partial charge in [-0.15, -0.1) is 0 Å². The molecule has 112 valence electrons. The fourth-order valence-corrected chi connectivity index (χ4v) is 2.14. The second-order valence-corrected chi connectivity index (χ2v) is 5.16. The summed E-state index contributed by atoms with van der Waals surface area (Å²) in [5.74, 6) is -0.652. The van der Waals surface area contributed by atoms with E-state index in [4.69, 9.17) is 10.5 Å². The van der Waals surface area contributed by atoms with E-state index in [1.54, 1.807) is 19.1 Å². The standard InChI is InChI=1S/C14H17N3O4/c1-4-21-12(19)14(2,3)17-11(18)9-7-8(15)5-6-10(9)16-13(17)20/h5-7H,4,15H2,1-3H3,(H,16,20). The van der Waals surface area contributed by atoms with Gasteiger partial charge >= 0.3 is 11.7 Å². The largest absolute Gasteiger partial charge is 0.464 e. The highest BCUT2D eigenvalue weighted by atomic mass is 16.5. The van der Waals surface area contributed by atoms with E-state index in [9.17, 15) is 14.4 Å². The van der Waals surface area contributed by atoms with Gasteiger partial charge in [-0.05, 0) is 39.0 Å². The topological polar surface area (TPSA) is 107 Å². The molecule has 0 saturated heterocycles. The first-order valence-corrected chi connectivity index (χ1v) is 6.51. The van der Waals surface area contributed by atoms with E-state index in [0.29, 0.717) is 11.2 Å². The van der Waals surface area contributed by atoms with Gasteiger partial charge in [0, 0.05) is 5.69 Å². The van der Waals surface area contributed by atoms with Gasteiger partial charge in [0.25, 0.3) is 5.56 Å². The molecule has 3 N–H and O–H groups in total. The molecule has 0 aliphatic rings. The highest BCUT2D eigenvalue weighted by Crippen LogP contribution is 2.15. The van der Waals surface area contributed by atoms with Gasteiger partial charge in [0.05, 0.1) is 17.5 Å². The second kappa shape index (κ2) is 5.08. The number of H-pyrrole nitrogens is 1. The number of aromatic amines is 1. The number of esters is 1. The van der Waals surface area contributed by atoms with Crippen LogP contribution in [0.15, 0.2) is 27.8 Å². The molecule has 7 nitrogen and oxygen atoms in total. The molecule has 2 rings (SSSR count). The maximum absolute atomic E-state index is 12.5. The molecule has 0 aliphatic carbocycles. The van der Waals surface area contributed by atoms with Gasteiger partial charge in [-0.1, -0.05) is 0 Å². The number of nitrogens with one attached hydrogen (secondary N) is 1. The number of anilines is 1. The van der Waals surface area contributed by atoms with Crippen molar-refractivity contribution in [1.82, 2.24) is 9.55 Å². The summed E-state index contributed by atoms with van der Waals surface area (Å²) in [4.78, 5) is 39.3. The molecule has 0 saturated carbocycles. The fourth-order valence-electron chi connectivity index (χ4n) is 2.14. The van der Waals surface area contributed by atoms with E-state index in [1.807, 2.05) is 0 Å². The Morgan fingerprint density at radius 3 is 2.67 bits per heavy atom. The molecule has 0 radical (unpaired) electrons. The SMILES string of the molecule is CCOC(=O)C(C)(C)n1c(=O)[nH]c2ccc(N)cc2c1=O. The summed E-state index contributed by atoms with van der Waals surface area (Å²) in [7, 11) is 0. The van der Waals surface area contributed by atoms with E-state index < -0.39 is 22.8 Å². The van der Waals surface area contributed by atoms with Crippen LogP contribution in [0.2, 0.25) is 0 Å². The molecule has 1 aromatic heterocycles. The number of carbonyl (C=O) groups is 1. The Morgan fingerprint density at radius 2 is 2.05 bits per heavy atom. The Balaban J connectivity index is 2.78. The minimum Gasteiger partial charge on any atom is -0.464 e. The minimum absolute atomic E-state index is 0.162. The molecular formula is C14H17N3O4. The smallest absolute Gasteiger partial charge is 0.332 e. The van der Waals surface area contributed by atoms with Crippen molar-refractivity contribution >= 4 is 22.6 Å². The number of nitrogens with zero attached hydrogens (tertiary/aromatic N) is 1. The van der Waals surface area contributed by atoms with Gasteiger partial charge in [-0.2, -0.15) is 0 Å². The second-order valence-electron chi connectivity index (χ2n) is 5.16. The molecule has 0 aliphatic heterocycles. The monoisotopic (exact) mass is 291 g/mol. The Kier molecular flexibility index (Phi) is 3.59. The van der Waals surface area contributed by atoms with Gasteiger partial charge in [0.2, 0.25) is 0 Å². The normalized spacial score (nSPS) is 11.6. The number of hydrogen-bond donors (Lipinski definition) is 2. The summed E-state index contributed by atoms with van der Waals surface area (Å²) >= 11 is 0. The molecule has 21 heavy (non-hydrogen) atoms. The van der Waals surface area contributed by atoms with E-state index in [0.717, 1.165) is 4.57 Å². The first-order chi connectivity index (χ1) is 9.78. The zero-order valence-electron chi connectivity index (χ0n) is 12.1. The number of hydrogen-bond acceptors (Lipinski definition) is 5. The van der Waals surface area contributed by atoms with Crippen LogP contribution in [0.4, 0.5) is 5.69 Å². The van der Waals surface area contributed by atoms with Crippen LogP contribution in [0.3, 0.4) is 0 Å². The summed E-state index contributed by atoms with van der Waals surface area (Å²) in [6, 6.07) is 4.60. The number of carbonyl (C=O) groups excluding carboxylic acids is 1. The first-order valence-electron chi connectivity index (χ1n) is 6.51. The molecule has 0 atom stereocenters. The highest BCUT2D eigenvalue weighted by Gasteiger charge is 2.34. The van der Waals surface area contributed by atoms with Crippen LogP contribution < -0.4 is 17.0 Å². The fraction of sp³-hybridized carbons (Fsp3) is 0.357. The third-order valence-electron chi connectivity index (χ3n) is 3.26. The van der Waals surface area contributed by atoms with Crippen molar-refractivity contribution in [2.45, 2.75) is 26.3 Å². The lowest BCUT2D eigenvalue weighted by atomic mass is 10.1. The highest BCUT2D eigenvalue weighted by molar-refractivity contribution is 5.82. The van der Waals surface area contributed by atoms with Gasteiger partial charge in [0.1, 0.15) is 5.54 Å². The number of nitrogens with two attached hydrogens (primary N) is 1. The predicted octanol–water partition coefficient (Wildman–Crippen LogP) is 0.570. The summed E-state index contributed by atoms with van der Waals surface area (Å²) < 4.78 is 5.78. The van der Waals surface area contributed by atoms with Crippen LogP contribution in [0, 0.1) is 0 Å². The van der Waals surface area contributed by atoms with Crippen molar-refractivity contribution in [3.63, 3.8) is 0 Å². The molecular weight excluding hydrogens is 274 g/mol. The molecule has 2 aromatic rings. The number of rotatable bonds is 3. The Hall–Kier alpha value is -2.57. The number of benzene rings is 1. The van der Waals surface area contributed by atoms with Crippen LogP contribution >= 0.6 is 0 Å². The van der Waals surface area contributed by atoms with E-state index >= 15 is 0 Å². The molecule has 0 unspecified atom stereocenters. The van der Waals surface area contributed by atoms with Gasteiger partial charge in [-0.3, -0.25) is 4.79 Å². The van der Waals surface area contributed by atoms with Crippen molar-refractivity contribution in [3.8, 4) is 0 Å². The summed E-state index contributed by atoms with van der Waals surface area (Å²) in [5, 5.41) is 0.243. The Labute approximate surface area is 120 Å². The first kappa shape index (κ1) is 14.8. The summed E-state index contributed by atoms with van der Waals surface area (Å²) in [5.41, 5.74) is 3.76. The third-order valence-corrected chi connectivity index (χ3v) is 3.26. The predicted molar refractivity (Wildman–Crippen MR) is 79.2 cm³/mol. The lowest BCUT2D eigenvalue weighted by Crippen LogP contribution is -2.51. The minimum atomic E-state index is -1.42. The van der Waals surface area contributed by atoms with Crippen LogP contribution in [0.1, 0.15) is 20.8 Å². The molecule has 0 amide bonds. The van der Waals surface area contributed by atoms with E-state index in [2.05, 4.69) is 4.98 Å². The van der Waals surface area contributed by atoms with Crippen molar-refractivity contribution < 1.29 is 9.53 Å². The molecule has 7 heteroatoms. The number of nitrogen functional groups attached to an aromatic ring is 1. The average Bonchev–Trinajstić information content (AvgIpc) is 2.40. The lowest BCUT2D eigenvalue weighted by molar-refractivity contribution is -0.152. The summed E-state index contributed by atoms with van der Waals surface area (Å²) in [6.45, 7) is 4.73. The van der Waals surface area contributed by atoms with Crippen molar-refractivity contribution in [1.29, 1.82) is 0 Å². The van der Waals surface area contributed by atoms with Crippen molar-refractivity contribution in [2.75, 3.05) is 12.3 Å². The molecule has 0 fully saturated rings. The molecule has 0 spiro atoms. The van der Waals surface area contributed by atoms with Gasteiger partial charge in [-0.25, -0.2) is 14.2 Å². The number of fused-ring (bicyclic) bond motifs is 1. The van der Waals surface area contributed by atoms with Crippen LogP contribution in [0.5, 0.6) is 0 Å². The zero-order chi connectivity index (χ0) is 15.8. The van der Waals surface area contributed by atoms with Crippen LogP contribution in [-0.4, -0.2) is 22.1 Å². The lowest BCUT2D eigenvalue weighted by Gasteiger charge is -2.24. The molecule has 1 aromatic carbocycles. The molecule has 0 bridgehead atoms. The van der Waals surface area contributed by atoms with Crippen LogP contribution in [0.25, 0.3) is 10.9 Å². The number of ether oxygens (including phenoxy) is 1. The Bertz CT molecular complexity index is 817. The van der Waals surface area contributed by atoms with Crippen molar-refractivity contribution in [3.05, 3.63) is 39.0 Å². The number of aromatic nitrogens is 2. The quantitative estimate of drug-likeness (QED) is 0.635. The van der Waals surface area contributed by atoms with E-state index in [-0.39, 0.29) is 12.0 Å². The summed E-state index contributed by atoms with van der Waals surface area (Å²) in [6.07, 6.45) is 0. The maximum Gasteiger partial charge on any atom is 0.332 e. The third kappa shape index (κ3) is 2.42. The van der Waals surface area contributed by atoms with E-state index in [1.165, 1.54) is 19.9 Å². The van der Waals surface area contributed by atoms with Crippen molar-refractivity contribution in [2.24, 2.45) is 0 Å². The van der Waals surface area contributed by atoms with Gasteiger partial charge in [0.15, 0.2) is 0 Å². The Morgan fingerprint density at radius 1 is 1.38 bits per heavy atom.